The molecule has 0 bridgehead atoms. The van der Waals surface area contributed by atoms with Crippen LogP contribution in [0.3, 0.4) is 0 Å². The third kappa shape index (κ3) is 3.35. The number of aliphatic hydroxyl groups excluding tert-OH is 1. The Morgan fingerprint density at radius 2 is 1.63 bits per heavy atom. The van der Waals surface area contributed by atoms with E-state index in [0.717, 1.165) is 35.1 Å². The van der Waals surface area contributed by atoms with Gasteiger partial charge in [0, 0.05) is 5.56 Å². The van der Waals surface area contributed by atoms with Gasteiger partial charge in [-0.25, -0.2) is 0 Å². The molecule has 0 atom stereocenters. The van der Waals surface area contributed by atoms with E-state index in [-0.39, 0.29) is 12.5 Å². The molecule has 3 heteroatoms. The zero-order chi connectivity index (χ0) is 14.6. The Labute approximate surface area is 116 Å². The summed E-state index contributed by atoms with van der Waals surface area (Å²) in [6.07, 6.45) is 1.44. The molecule has 1 aromatic rings. The van der Waals surface area contributed by atoms with Crippen molar-refractivity contribution in [2.75, 3.05) is 6.61 Å². The molecule has 106 valence electrons. The third-order valence-electron chi connectivity index (χ3n) is 3.94. The summed E-state index contributed by atoms with van der Waals surface area (Å²) in [4.78, 5) is 12.5. The maximum absolute atomic E-state index is 12.5. The van der Waals surface area contributed by atoms with Gasteiger partial charge in [-0.15, -0.1) is 0 Å². The average Bonchev–Trinajstić information content (AvgIpc) is 2.35. The number of hydrogen-bond acceptors (Lipinski definition) is 2. The number of benzene rings is 1. The van der Waals surface area contributed by atoms with Crippen LogP contribution in [0.1, 0.15) is 53.7 Å². The van der Waals surface area contributed by atoms with Gasteiger partial charge in [-0.3, -0.25) is 4.79 Å². The highest BCUT2D eigenvalue weighted by molar-refractivity contribution is 5.97. The Morgan fingerprint density at radius 1 is 1.16 bits per heavy atom. The zero-order valence-corrected chi connectivity index (χ0v) is 12.6. The molecule has 0 aliphatic carbocycles. The Kier molecular flexibility index (Phi) is 5.12. The molecule has 0 unspecified atom stereocenters. The quantitative estimate of drug-likeness (QED) is 0.858. The van der Waals surface area contributed by atoms with Gasteiger partial charge in [-0.05, 0) is 44.7 Å². The second-order valence-electron chi connectivity index (χ2n) is 5.37. The van der Waals surface area contributed by atoms with Crippen molar-refractivity contribution in [1.82, 2.24) is 5.32 Å². The highest BCUT2D eigenvalue weighted by Crippen LogP contribution is 2.20. The third-order valence-corrected chi connectivity index (χ3v) is 3.94. The molecule has 1 aromatic carbocycles. The van der Waals surface area contributed by atoms with Crippen LogP contribution < -0.4 is 5.32 Å². The van der Waals surface area contributed by atoms with Crippen LogP contribution in [0.2, 0.25) is 0 Å². The van der Waals surface area contributed by atoms with Crippen molar-refractivity contribution in [3.8, 4) is 0 Å². The molecule has 3 nitrogen and oxygen atoms in total. The minimum absolute atomic E-state index is 0.0320. The molecule has 0 saturated carbocycles. The summed E-state index contributed by atoms with van der Waals surface area (Å²) in [5.74, 6) is -0.0900. The molecule has 1 rings (SSSR count). The van der Waals surface area contributed by atoms with E-state index in [0.29, 0.717) is 0 Å². The van der Waals surface area contributed by atoms with Crippen LogP contribution in [-0.4, -0.2) is 23.2 Å². The van der Waals surface area contributed by atoms with Gasteiger partial charge in [0.1, 0.15) is 0 Å². The molecule has 0 saturated heterocycles. The van der Waals surface area contributed by atoms with Crippen molar-refractivity contribution in [1.29, 1.82) is 0 Å². The predicted molar refractivity (Wildman–Crippen MR) is 78.5 cm³/mol. The SMILES string of the molecule is CCC(CC)(CO)NC(=O)c1c(C)cc(C)cc1C. The van der Waals surface area contributed by atoms with E-state index >= 15 is 0 Å². The first kappa shape index (κ1) is 15.7. The number of amides is 1. The fourth-order valence-corrected chi connectivity index (χ4v) is 2.53. The van der Waals surface area contributed by atoms with Gasteiger partial charge in [0.05, 0.1) is 12.1 Å². The largest absolute Gasteiger partial charge is 0.394 e. The summed E-state index contributed by atoms with van der Waals surface area (Å²) in [6.45, 7) is 9.86. The van der Waals surface area contributed by atoms with E-state index in [1.807, 2.05) is 46.8 Å². The topological polar surface area (TPSA) is 49.3 Å². The number of hydrogen-bond donors (Lipinski definition) is 2. The van der Waals surface area contributed by atoms with Gasteiger partial charge in [-0.1, -0.05) is 31.5 Å². The van der Waals surface area contributed by atoms with Crippen LogP contribution in [0.4, 0.5) is 0 Å². The molecule has 0 aromatic heterocycles. The van der Waals surface area contributed by atoms with Crippen LogP contribution in [0.15, 0.2) is 12.1 Å². The lowest BCUT2D eigenvalue weighted by molar-refractivity contribution is 0.0816. The van der Waals surface area contributed by atoms with E-state index in [1.165, 1.54) is 0 Å². The zero-order valence-electron chi connectivity index (χ0n) is 12.6. The Morgan fingerprint density at radius 3 is 2.00 bits per heavy atom. The first-order valence-electron chi connectivity index (χ1n) is 6.90. The number of aryl methyl sites for hydroxylation is 3. The molecule has 0 fully saturated rings. The molecule has 0 aliphatic rings. The molecule has 0 heterocycles. The summed E-state index contributed by atoms with van der Waals surface area (Å²) in [5.41, 5.74) is 3.33. The van der Waals surface area contributed by atoms with Crippen LogP contribution in [-0.2, 0) is 0 Å². The van der Waals surface area contributed by atoms with Crippen molar-refractivity contribution >= 4 is 5.91 Å². The first-order chi connectivity index (χ1) is 8.89. The fraction of sp³-hybridized carbons (Fsp3) is 0.562. The molecule has 0 spiro atoms. The summed E-state index contributed by atoms with van der Waals surface area (Å²) in [6, 6.07) is 4.03. The van der Waals surface area contributed by atoms with E-state index in [9.17, 15) is 9.90 Å². The van der Waals surface area contributed by atoms with Gasteiger partial charge in [0.2, 0.25) is 0 Å². The smallest absolute Gasteiger partial charge is 0.252 e. The molecule has 0 radical (unpaired) electrons. The lowest BCUT2D eigenvalue weighted by Crippen LogP contribution is -2.50. The molecular weight excluding hydrogens is 238 g/mol. The molecule has 0 aliphatic heterocycles. The Hall–Kier alpha value is -1.35. The Bertz CT molecular complexity index is 431. The van der Waals surface area contributed by atoms with E-state index in [2.05, 4.69) is 5.32 Å². The molecular formula is C16H25NO2. The van der Waals surface area contributed by atoms with Gasteiger partial charge in [0.25, 0.3) is 5.91 Å². The summed E-state index contributed by atoms with van der Waals surface area (Å²) in [5, 5.41) is 12.5. The fourth-order valence-electron chi connectivity index (χ4n) is 2.53. The predicted octanol–water partition coefficient (Wildman–Crippen LogP) is 2.89. The average molecular weight is 263 g/mol. The van der Waals surface area contributed by atoms with Crippen LogP contribution in [0.5, 0.6) is 0 Å². The minimum Gasteiger partial charge on any atom is -0.394 e. The van der Waals surface area contributed by atoms with E-state index in [1.54, 1.807) is 0 Å². The number of carbonyl (C=O) groups is 1. The van der Waals surface area contributed by atoms with Crippen LogP contribution in [0.25, 0.3) is 0 Å². The van der Waals surface area contributed by atoms with Gasteiger partial charge in [-0.2, -0.15) is 0 Å². The second-order valence-corrected chi connectivity index (χ2v) is 5.37. The van der Waals surface area contributed by atoms with Crippen molar-refractivity contribution in [3.05, 3.63) is 34.4 Å². The molecule has 2 N–H and O–H groups in total. The number of rotatable bonds is 5. The van der Waals surface area contributed by atoms with Crippen LogP contribution in [0, 0.1) is 20.8 Å². The number of nitrogens with one attached hydrogen (secondary N) is 1. The van der Waals surface area contributed by atoms with Crippen LogP contribution >= 0.6 is 0 Å². The normalized spacial score (nSPS) is 11.5. The number of aliphatic hydroxyl groups is 1. The van der Waals surface area contributed by atoms with Crippen molar-refractivity contribution < 1.29 is 9.90 Å². The summed E-state index contributed by atoms with van der Waals surface area (Å²) in [7, 11) is 0. The van der Waals surface area contributed by atoms with Gasteiger partial charge >= 0.3 is 0 Å². The number of carbonyl (C=O) groups excluding carboxylic acids is 1. The second kappa shape index (κ2) is 6.20. The molecule has 19 heavy (non-hydrogen) atoms. The van der Waals surface area contributed by atoms with Crippen molar-refractivity contribution in [3.63, 3.8) is 0 Å². The standard InChI is InChI=1S/C16H25NO2/c1-6-16(7-2,10-18)17-15(19)14-12(4)8-11(3)9-13(14)5/h8-9,18H,6-7,10H2,1-5H3,(H,17,19). The first-order valence-corrected chi connectivity index (χ1v) is 6.90. The Balaban J connectivity index is 3.08. The van der Waals surface area contributed by atoms with Crippen molar-refractivity contribution in [2.24, 2.45) is 0 Å². The molecule has 1 amide bonds. The minimum atomic E-state index is -0.513. The van der Waals surface area contributed by atoms with E-state index in [4.69, 9.17) is 0 Å². The lowest BCUT2D eigenvalue weighted by atomic mass is 9.92. The van der Waals surface area contributed by atoms with Crippen molar-refractivity contribution in [2.45, 2.75) is 53.0 Å². The van der Waals surface area contributed by atoms with E-state index < -0.39 is 5.54 Å². The van der Waals surface area contributed by atoms with Gasteiger partial charge < -0.3 is 10.4 Å². The maximum atomic E-state index is 12.5. The lowest BCUT2D eigenvalue weighted by Gasteiger charge is -2.31. The van der Waals surface area contributed by atoms with Gasteiger partial charge in [0.15, 0.2) is 0 Å². The highest BCUT2D eigenvalue weighted by Gasteiger charge is 2.28. The summed E-state index contributed by atoms with van der Waals surface area (Å²) >= 11 is 0. The maximum Gasteiger partial charge on any atom is 0.252 e. The highest BCUT2D eigenvalue weighted by atomic mass is 16.3. The summed E-state index contributed by atoms with van der Waals surface area (Å²) < 4.78 is 0. The monoisotopic (exact) mass is 263 g/mol.